The van der Waals surface area contributed by atoms with Crippen LogP contribution >= 0.6 is 0 Å². The Morgan fingerprint density at radius 2 is 1.73 bits per heavy atom. The molecule has 0 aliphatic heterocycles. The number of aliphatic hydroxyl groups is 1. The van der Waals surface area contributed by atoms with Gasteiger partial charge in [0, 0.05) is 6.42 Å². The Kier molecular flexibility index (Phi) is 4.67. The number of hydrogen-bond donors (Lipinski definition) is 1. The summed E-state index contributed by atoms with van der Waals surface area (Å²) >= 11 is 0. The summed E-state index contributed by atoms with van der Waals surface area (Å²) in [5.41, 5.74) is 3.34. The lowest BCUT2D eigenvalue weighted by molar-refractivity contribution is -0.119. The summed E-state index contributed by atoms with van der Waals surface area (Å²) in [5, 5.41) is 10.8. The quantitative estimate of drug-likeness (QED) is 0.903. The van der Waals surface area contributed by atoms with Gasteiger partial charge in [-0.2, -0.15) is 0 Å². The van der Waals surface area contributed by atoms with E-state index in [0.717, 1.165) is 29.0 Å². The molecule has 2 saturated carbocycles. The van der Waals surface area contributed by atoms with Crippen LogP contribution in [0.25, 0.3) is 0 Å². The molecule has 2 nitrogen and oxygen atoms in total. The number of carbonyl (C=O) groups excluding carboxylic acids is 1. The highest BCUT2D eigenvalue weighted by Gasteiger charge is 2.43. The number of Topliss-reactive ketones (excluding diaryl/α,β-unsaturated/α-hetero) is 1. The fourth-order valence-corrected chi connectivity index (χ4v) is 4.69. The highest BCUT2D eigenvalue weighted by molar-refractivity contribution is 5.89. The first-order valence-electron chi connectivity index (χ1n) is 8.85. The van der Waals surface area contributed by atoms with Crippen LogP contribution in [0.5, 0.6) is 0 Å². The molecule has 0 radical (unpaired) electrons. The number of hydrogen-bond acceptors (Lipinski definition) is 2. The van der Waals surface area contributed by atoms with Crippen LogP contribution in [0.4, 0.5) is 0 Å². The van der Waals surface area contributed by atoms with Crippen LogP contribution in [0.15, 0.2) is 18.2 Å². The van der Waals surface area contributed by atoms with E-state index in [1.54, 1.807) is 0 Å². The number of aliphatic hydroxyl groups excluding tert-OH is 1. The van der Waals surface area contributed by atoms with Crippen molar-refractivity contribution in [3.8, 4) is 0 Å². The van der Waals surface area contributed by atoms with Crippen molar-refractivity contribution in [3.05, 3.63) is 34.9 Å². The second-order valence-electron chi connectivity index (χ2n) is 7.44. The van der Waals surface area contributed by atoms with Gasteiger partial charge in [0.1, 0.15) is 5.78 Å². The summed E-state index contributed by atoms with van der Waals surface area (Å²) in [6.45, 7) is 4.10. The van der Waals surface area contributed by atoms with E-state index in [1.165, 1.54) is 32.1 Å². The van der Waals surface area contributed by atoms with E-state index in [0.29, 0.717) is 6.42 Å². The van der Waals surface area contributed by atoms with Gasteiger partial charge >= 0.3 is 0 Å². The second kappa shape index (κ2) is 6.54. The normalized spacial score (nSPS) is 30.0. The molecule has 0 spiro atoms. The predicted molar refractivity (Wildman–Crippen MR) is 89.0 cm³/mol. The van der Waals surface area contributed by atoms with E-state index in [9.17, 15) is 9.90 Å². The van der Waals surface area contributed by atoms with Crippen molar-refractivity contribution in [3.63, 3.8) is 0 Å². The fourth-order valence-electron chi connectivity index (χ4n) is 4.69. The molecule has 2 aliphatic carbocycles. The van der Waals surface area contributed by atoms with E-state index in [-0.39, 0.29) is 17.6 Å². The molecule has 0 amide bonds. The van der Waals surface area contributed by atoms with Crippen LogP contribution in [0, 0.1) is 25.7 Å². The lowest BCUT2D eigenvalue weighted by Gasteiger charge is -2.27. The molecule has 1 aromatic carbocycles. The summed E-state index contributed by atoms with van der Waals surface area (Å²) < 4.78 is 0. The molecule has 22 heavy (non-hydrogen) atoms. The third kappa shape index (κ3) is 2.99. The Morgan fingerprint density at radius 3 is 2.36 bits per heavy atom. The van der Waals surface area contributed by atoms with Gasteiger partial charge in [-0.15, -0.1) is 0 Å². The predicted octanol–water partition coefficient (Wildman–Crippen LogP) is 4.31. The van der Waals surface area contributed by atoms with Gasteiger partial charge in [0.2, 0.25) is 0 Å². The molecule has 0 aromatic heterocycles. The minimum Gasteiger partial charge on any atom is -0.392 e. The summed E-state index contributed by atoms with van der Waals surface area (Å²) in [6, 6.07) is 6.13. The van der Waals surface area contributed by atoms with Gasteiger partial charge in [0.25, 0.3) is 0 Å². The topological polar surface area (TPSA) is 37.3 Å². The van der Waals surface area contributed by atoms with Crippen LogP contribution in [0.2, 0.25) is 0 Å². The van der Waals surface area contributed by atoms with E-state index in [1.807, 2.05) is 6.07 Å². The third-order valence-corrected chi connectivity index (χ3v) is 5.85. The van der Waals surface area contributed by atoms with Crippen molar-refractivity contribution in [2.24, 2.45) is 11.8 Å². The van der Waals surface area contributed by atoms with Crippen molar-refractivity contribution in [1.29, 1.82) is 0 Å². The maximum absolute atomic E-state index is 12.6. The molecule has 3 unspecified atom stereocenters. The SMILES string of the molecule is Cc1cccc(C)c1C1C(=O)CC(CC2CCCCC2)C1O. The third-order valence-electron chi connectivity index (χ3n) is 5.85. The first-order chi connectivity index (χ1) is 10.6. The smallest absolute Gasteiger partial charge is 0.143 e. The van der Waals surface area contributed by atoms with E-state index >= 15 is 0 Å². The van der Waals surface area contributed by atoms with Gasteiger partial charge in [-0.1, -0.05) is 50.3 Å². The zero-order valence-corrected chi connectivity index (χ0v) is 13.8. The molecule has 120 valence electrons. The monoisotopic (exact) mass is 300 g/mol. The largest absolute Gasteiger partial charge is 0.392 e. The number of aryl methyl sites for hydroxylation is 2. The second-order valence-corrected chi connectivity index (χ2v) is 7.44. The average molecular weight is 300 g/mol. The first kappa shape index (κ1) is 15.7. The van der Waals surface area contributed by atoms with E-state index < -0.39 is 6.10 Å². The number of benzene rings is 1. The average Bonchev–Trinajstić information content (AvgIpc) is 2.76. The highest BCUT2D eigenvalue weighted by Crippen LogP contribution is 2.42. The van der Waals surface area contributed by atoms with Crippen molar-refractivity contribution in [1.82, 2.24) is 0 Å². The summed E-state index contributed by atoms with van der Waals surface area (Å²) in [7, 11) is 0. The molecular formula is C20H28O2. The Labute approximate surface area is 133 Å². The molecule has 1 aromatic rings. The Bertz CT molecular complexity index is 522. The van der Waals surface area contributed by atoms with Crippen molar-refractivity contribution in [2.45, 2.75) is 70.8 Å². The van der Waals surface area contributed by atoms with E-state index in [2.05, 4.69) is 26.0 Å². The zero-order chi connectivity index (χ0) is 15.7. The van der Waals surface area contributed by atoms with Crippen LogP contribution < -0.4 is 0 Å². The van der Waals surface area contributed by atoms with Crippen LogP contribution in [0.1, 0.15) is 67.6 Å². The van der Waals surface area contributed by atoms with Gasteiger partial charge in [-0.05, 0) is 48.8 Å². The maximum atomic E-state index is 12.6. The number of carbonyl (C=O) groups is 1. The number of rotatable bonds is 3. The van der Waals surface area contributed by atoms with Gasteiger partial charge in [-0.3, -0.25) is 4.79 Å². The molecule has 0 heterocycles. The molecule has 0 saturated heterocycles. The molecule has 2 fully saturated rings. The standard InChI is InChI=1S/C20H28O2/c1-13-7-6-8-14(2)18(13)19-17(21)12-16(20(19)22)11-15-9-4-3-5-10-15/h6-8,15-16,19-20,22H,3-5,9-12H2,1-2H3. The molecule has 2 aliphatic rings. The zero-order valence-electron chi connectivity index (χ0n) is 13.8. The van der Waals surface area contributed by atoms with Gasteiger partial charge in [-0.25, -0.2) is 0 Å². The Hall–Kier alpha value is -1.15. The molecule has 1 N–H and O–H groups in total. The first-order valence-corrected chi connectivity index (χ1v) is 8.85. The van der Waals surface area contributed by atoms with Crippen molar-refractivity contribution >= 4 is 5.78 Å². The van der Waals surface area contributed by atoms with Crippen LogP contribution in [0.3, 0.4) is 0 Å². The van der Waals surface area contributed by atoms with Gasteiger partial charge in [0.05, 0.1) is 12.0 Å². The minimum atomic E-state index is -0.491. The summed E-state index contributed by atoms with van der Waals surface area (Å²) in [6.07, 6.45) is 7.67. The summed E-state index contributed by atoms with van der Waals surface area (Å²) in [4.78, 5) is 12.6. The lowest BCUT2D eigenvalue weighted by atomic mass is 9.80. The Balaban J connectivity index is 1.78. The highest BCUT2D eigenvalue weighted by atomic mass is 16.3. The van der Waals surface area contributed by atoms with E-state index in [4.69, 9.17) is 0 Å². The van der Waals surface area contributed by atoms with Crippen molar-refractivity contribution in [2.75, 3.05) is 0 Å². The van der Waals surface area contributed by atoms with Crippen LogP contribution in [-0.4, -0.2) is 17.0 Å². The maximum Gasteiger partial charge on any atom is 0.143 e. The number of ketones is 1. The fraction of sp³-hybridized carbons (Fsp3) is 0.650. The molecule has 2 heteroatoms. The molecule has 3 rings (SSSR count). The molecular weight excluding hydrogens is 272 g/mol. The Morgan fingerprint density at radius 1 is 1.09 bits per heavy atom. The summed E-state index contributed by atoms with van der Waals surface area (Å²) in [5.74, 6) is 0.832. The van der Waals surface area contributed by atoms with Gasteiger partial charge < -0.3 is 5.11 Å². The molecule has 0 bridgehead atoms. The van der Waals surface area contributed by atoms with Crippen molar-refractivity contribution < 1.29 is 9.90 Å². The molecule has 3 atom stereocenters. The lowest BCUT2D eigenvalue weighted by Crippen LogP contribution is -2.25. The van der Waals surface area contributed by atoms with Gasteiger partial charge in [0.15, 0.2) is 0 Å². The van der Waals surface area contributed by atoms with Crippen LogP contribution in [-0.2, 0) is 4.79 Å². The minimum absolute atomic E-state index is 0.166.